The SMILES string of the molecule is CN(C)CCN(Cc1ccncc1)CC1CCCC1. The Morgan fingerprint density at radius 3 is 2.42 bits per heavy atom. The Hall–Kier alpha value is -0.930. The van der Waals surface area contributed by atoms with Crippen LogP contribution in [0.25, 0.3) is 0 Å². The minimum Gasteiger partial charge on any atom is -0.308 e. The van der Waals surface area contributed by atoms with Gasteiger partial charge in [0.25, 0.3) is 0 Å². The molecular formula is C16H27N3. The number of hydrogen-bond donors (Lipinski definition) is 0. The molecule has 0 bridgehead atoms. The van der Waals surface area contributed by atoms with Crippen molar-refractivity contribution >= 4 is 0 Å². The van der Waals surface area contributed by atoms with Crippen LogP contribution in [0.1, 0.15) is 31.2 Å². The number of pyridine rings is 1. The van der Waals surface area contributed by atoms with Gasteiger partial charge >= 0.3 is 0 Å². The number of hydrogen-bond acceptors (Lipinski definition) is 3. The van der Waals surface area contributed by atoms with E-state index < -0.39 is 0 Å². The van der Waals surface area contributed by atoms with Gasteiger partial charge in [0.2, 0.25) is 0 Å². The first kappa shape index (κ1) is 14.5. The highest BCUT2D eigenvalue weighted by Gasteiger charge is 2.18. The molecule has 3 nitrogen and oxygen atoms in total. The Balaban J connectivity index is 1.88. The zero-order valence-electron chi connectivity index (χ0n) is 12.4. The van der Waals surface area contributed by atoms with Gasteiger partial charge in [-0.2, -0.15) is 0 Å². The van der Waals surface area contributed by atoms with Gasteiger partial charge in [-0.3, -0.25) is 9.88 Å². The number of aromatic nitrogens is 1. The van der Waals surface area contributed by atoms with Crippen molar-refractivity contribution in [3.63, 3.8) is 0 Å². The predicted molar refractivity (Wildman–Crippen MR) is 80.0 cm³/mol. The minimum atomic E-state index is 0.920. The molecule has 1 heterocycles. The van der Waals surface area contributed by atoms with Crippen LogP contribution < -0.4 is 0 Å². The second-order valence-corrected chi connectivity index (χ2v) is 6.04. The number of likely N-dealkylation sites (N-methyl/N-ethyl adjacent to an activating group) is 1. The van der Waals surface area contributed by atoms with Crippen molar-refractivity contribution in [2.75, 3.05) is 33.7 Å². The molecular weight excluding hydrogens is 234 g/mol. The van der Waals surface area contributed by atoms with Crippen LogP contribution in [0.4, 0.5) is 0 Å². The average molecular weight is 261 g/mol. The molecule has 0 radical (unpaired) electrons. The molecule has 1 aromatic rings. The van der Waals surface area contributed by atoms with E-state index in [0.29, 0.717) is 0 Å². The summed E-state index contributed by atoms with van der Waals surface area (Å²) in [7, 11) is 4.31. The summed E-state index contributed by atoms with van der Waals surface area (Å²) in [5, 5.41) is 0. The maximum Gasteiger partial charge on any atom is 0.0271 e. The van der Waals surface area contributed by atoms with Gasteiger partial charge in [-0.1, -0.05) is 12.8 Å². The second-order valence-electron chi connectivity index (χ2n) is 6.04. The normalized spacial score (nSPS) is 16.6. The molecule has 1 fully saturated rings. The van der Waals surface area contributed by atoms with Gasteiger partial charge in [-0.15, -0.1) is 0 Å². The molecule has 106 valence electrons. The van der Waals surface area contributed by atoms with Crippen molar-refractivity contribution in [2.24, 2.45) is 5.92 Å². The second kappa shape index (κ2) is 7.61. The van der Waals surface area contributed by atoms with E-state index in [1.54, 1.807) is 0 Å². The summed E-state index contributed by atoms with van der Waals surface area (Å²) in [6.45, 7) is 4.62. The van der Waals surface area contributed by atoms with Crippen LogP contribution in [0.15, 0.2) is 24.5 Å². The molecule has 0 N–H and O–H groups in total. The third-order valence-electron chi connectivity index (χ3n) is 4.01. The van der Waals surface area contributed by atoms with Crippen molar-refractivity contribution in [1.82, 2.24) is 14.8 Å². The van der Waals surface area contributed by atoms with Crippen molar-refractivity contribution < 1.29 is 0 Å². The quantitative estimate of drug-likeness (QED) is 0.752. The van der Waals surface area contributed by atoms with Gasteiger partial charge in [0.1, 0.15) is 0 Å². The molecule has 0 saturated heterocycles. The summed E-state index contributed by atoms with van der Waals surface area (Å²) in [4.78, 5) is 8.99. The van der Waals surface area contributed by atoms with E-state index in [0.717, 1.165) is 25.6 Å². The lowest BCUT2D eigenvalue weighted by atomic mass is 10.1. The number of rotatable bonds is 7. The molecule has 0 spiro atoms. The first-order chi connectivity index (χ1) is 9.24. The summed E-state index contributed by atoms with van der Waals surface area (Å²) in [6.07, 6.45) is 9.51. The largest absolute Gasteiger partial charge is 0.308 e. The van der Waals surface area contributed by atoms with Crippen molar-refractivity contribution in [3.05, 3.63) is 30.1 Å². The molecule has 1 saturated carbocycles. The summed E-state index contributed by atoms with van der Waals surface area (Å²) < 4.78 is 0. The fourth-order valence-corrected chi connectivity index (χ4v) is 2.88. The van der Waals surface area contributed by atoms with Gasteiger partial charge in [-0.25, -0.2) is 0 Å². The van der Waals surface area contributed by atoms with E-state index in [1.807, 2.05) is 12.4 Å². The molecule has 0 aromatic carbocycles. The molecule has 0 atom stereocenters. The summed E-state index contributed by atoms with van der Waals surface area (Å²) in [5.41, 5.74) is 1.38. The maximum absolute atomic E-state index is 4.10. The summed E-state index contributed by atoms with van der Waals surface area (Å²) in [6, 6.07) is 4.27. The van der Waals surface area contributed by atoms with Crippen molar-refractivity contribution in [2.45, 2.75) is 32.2 Å². The van der Waals surface area contributed by atoms with Crippen LogP contribution in [-0.2, 0) is 6.54 Å². The Morgan fingerprint density at radius 2 is 1.79 bits per heavy atom. The van der Waals surface area contributed by atoms with Crippen LogP contribution in [0.3, 0.4) is 0 Å². The molecule has 0 unspecified atom stereocenters. The molecule has 2 rings (SSSR count). The van der Waals surface area contributed by atoms with Crippen LogP contribution in [0.5, 0.6) is 0 Å². The van der Waals surface area contributed by atoms with Crippen molar-refractivity contribution in [3.8, 4) is 0 Å². The maximum atomic E-state index is 4.10. The summed E-state index contributed by atoms with van der Waals surface area (Å²) in [5.74, 6) is 0.920. The van der Waals surface area contributed by atoms with E-state index >= 15 is 0 Å². The van der Waals surface area contributed by atoms with Gasteiger partial charge in [0.05, 0.1) is 0 Å². The fourth-order valence-electron chi connectivity index (χ4n) is 2.88. The Labute approximate surface area is 117 Å². The highest BCUT2D eigenvalue weighted by molar-refractivity contribution is 5.09. The molecule has 1 aliphatic carbocycles. The molecule has 0 amide bonds. The number of nitrogens with zero attached hydrogens (tertiary/aromatic N) is 3. The zero-order chi connectivity index (χ0) is 13.5. The fraction of sp³-hybridized carbons (Fsp3) is 0.688. The first-order valence-electron chi connectivity index (χ1n) is 7.50. The summed E-state index contributed by atoms with van der Waals surface area (Å²) >= 11 is 0. The molecule has 3 heteroatoms. The van der Waals surface area contributed by atoms with E-state index in [1.165, 1.54) is 37.8 Å². The van der Waals surface area contributed by atoms with Crippen molar-refractivity contribution in [1.29, 1.82) is 0 Å². The third-order valence-corrected chi connectivity index (χ3v) is 4.01. The van der Waals surface area contributed by atoms with Crippen LogP contribution >= 0.6 is 0 Å². The van der Waals surface area contributed by atoms with Crippen LogP contribution in [0, 0.1) is 5.92 Å². The highest BCUT2D eigenvalue weighted by atomic mass is 15.2. The minimum absolute atomic E-state index is 0.920. The van der Waals surface area contributed by atoms with E-state index in [2.05, 4.69) is 41.0 Å². The Bertz CT molecular complexity index is 344. The lowest BCUT2D eigenvalue weighted by molar-refractivity contribution is 0.202. The van der Waals surface area contributed by atoms with Gasteiger partial charge in [0, 0.05) is 38.6 Å². The average Bonchev–Trinajstić information content (AvgIpc) is 2.90. The topological polar surface area (TPSA) is 19.4 Å². The Kier molecular flexibility index (Phi) is 5.80. The van der Waals surface area contributed by atoms with Gasteiger partial charge in [0.15, 0.2) is 0 Å². The van der Waals surface area contributed by atoms with E-state index in [4.69, 9.17) is 0 Å². The molecule has 1 aliphatic rings. The monoisotopic (exact) mass is 261 g/mol. The highest BCUT2D eigenvalue weighted by Crippen LogP contribution is 2.25. The van der Waals surface area contributed by atoms with Crippen LogP contribution in [-0.4, -0.2) is 48.5 Å². The van der Waals surface area contributed by atoms with E-state index in [9.17, 15) is 0 Å². The first-order valence-corrected chi connectivity index (χ1v) is 7.50. The lowest BCUT2D eigenvalue weighted by Crippen LogP contribution is -2.34. The van der Waals surface area contributed by atoms with E-state index in [-0.39, 0.29) is 0 Å². The third kappa shape index (κ3) is 5.29. The van der Waals surface area contributed by atoms with Gasteiger partial charge < -0.3 is 4.90 Å². The van der Waals surface area contributed by atoms with Gasteiger partial charge in [-0.05, 0) is 50.6 Å². The standard InChI is InChI=1S/C16H27N3/c1-18(2)11-12-19(13-15-5-3-4-6-15)14-16-7-9-17-10-8-16/h7-10,15H,3-6,11-14H2,1-2H3. The Morgan fingerprint density at radius 1 is 1.11 bits per heavy atom. The molecule has 0 aliphatic heterocycles. The zero-order valence-corrected chi connectivity index (χ0v) is 12.4. The lowest BCUT2D eigenvalue weighted by Gasteiger charge is -2.27. The molecule has 1 aromatic heterocycles. The smallest absolute Gasteiger partial charge is 0.0271 e. The van der Waals surface area contributed by atoms with Crippen LogP contribution in [0.2, 0.25) is 0 Å². The predicted octanol–water partition coefficient (Wildman–Crippen LogP) is 2.64. The molecule has 19 heavy (non-hydrogen) atoms.